The number of likely N-dealkylation sites (tertiary alicyclic amines) is 1. The number of esters is 1. The second-order valence-electron chi connectivity index (χ2n) is 6.37. The Balaban J connectivity index is 1.62. The van der Waals surface area contributed by atoms with E-state index in [-0.39, 0.29) is 12.0 Å². The monoisotopic (exact) mass is 273 g/mol. The fourth-order valence-electron chi connectivity index (χ4n) is 3.62. The van der Waals surface area contributed by atoms with E-state index in [1.165, 1.54) is 12.8 Å². The lowest BCUT2D eigenvalue weighted by molar-refractivity contribution is -0.151. The van der Waals surface area contributed by atoms with Gasteiger partial charge in [0.2, 0.25) is 0 Å². The summed E-state index contributed by atoms with van der Waals surface area (Å²) >= 11 is 0. The molecule has 1 aliphatic heterocycles. The van der Waals surface area contributed by atoms with E-state index < -0.39 is 0 Å². The Morgan fingerprint density at radius 3 is 2.60 bits per heavy atom. The van der Waals surface area contributed by atoms with Crippen LogP contribution in [0.5, 0.6) is 0 Å². The summed E-state index contributed by atoms with van der Waals surface area (Å²) in [6.45, 7) is 4.75. The van der Waals surface area contributed by atoms with E-state index in [0.29, 0.717) is 18.2 Å². The third-order valence-corrected chi connectivity index (χ3v) is 4.65. The second-order valence-corrected chi connectivity index (χ2v) is 6.37. The average Bonchev–Trinajstić information content (AvgIpc) is 3.10. The molecular formula is C17H23NO2. The summed E-state index contributed by atoms with van der Waals surface area (Å²) < 4.78 is 5.53. The lowest BCUT2D eigenvalue weighted by Crippen LogP contribution is -2.46. The highest BCUT2D eigenvalue weighted by Crippen LogP contribution is 2.52. The Hall–Kier alpha value is -1.35. The van der Waals surface area contributed by atoms with Crippen molar-refractivity contribution >= 4 is 5.97 Å². The number of nitrogens with zero attached hydrogens (tertiary/aromatic N) is 1. The number of ether oxygens (including phenoxy) is 1. The van der Waals surface area contributed by atoms with Crippen molar-refractivity contribution in [1.82, 2.24) is 4.90 Å². The van der Waals surface area contributed by atoms with Crippen LogP contribution in [-0.4, -0.2) is 28.5 Å². The predicted molar refractivity (Wildman–Crippen MR) is 78.2 cm³/mol. The molecule has 1 aliphatic carbocycles. The molecule has 1 heterocycles. The van der Waals surface area contributed by atoms with E-state index >= 15 is 0 Å². The molecule has 2 aliphatic rings. The Morgan fingerprint density at radius 2 is 2.00 bits per heavy atom. The van der Waals surface area contributed by atoms with E-state index in [2.05, 4.69) is 18.7 Å². The molecule has 2 fully saturated rings. The third-order valence-electron chi connectivity index (χ3n) is 4.65. The van der Waals surface area contributed by atoms with Crippen LogP contribution in [0.3, 0.4) is 0 Å². The molecule has 0 bridgehead atoms. The topological polar surface area (TPSA) is 29.5 Å². The first-order valence-electron chi connectivity index (χ1n) is 7.61. The first-order chi connectivity index (χ1) is 9.62. The van der Waals surface area contributed by atoms with Gasteiger partial charge in [0.25, 0.3) is 0 Å². The van der Waals surface area contributed by atoms with Crippen molar-refractivity contribution in [3.8, 4) is 0 Å². The SMILES string of the molecule is CC(C)N1C(C(=O)OCc2ccccc2)CCC12CC2. The highest BCUT2D eigenvalue weighted by molar-refractivity contribution is 5.76. The first-order valence-corrected chi connectivity index (χ1v) is 7.61. The van der Waals surface area contributed by atoms with Gasteiger partial charge in [0.1, 0.15) is 12.6 Å². The molecule has 20 heavy (non-hydrogen) atoms. The Labute approximate surface area is 120 Å². The maximum absolute atomic E-state index is 12.4. The Bertz CT molecular complexity index is 479. The van der Waals surface area contributed by atoms with Crippen LogP contribution in [0.2, 0.25) is 0 Å². The second kappa shape index (κ2) is 5.21. The van der Waals surface area contributed by atoms with Crippen molar-refractivity contribution in [3.63, 3.8) is 0 Å². The number of carbonyl (C=O) groups excluding carboxylic acids is 1. The molecule has 0 N–H and O–H groups in total. The van der Waals surface area contributed by atoms with E-state index in [0.717, 1.165) is 18.4 Å². The van der Waals surface area contributed by atoms with E-state index in [1.54, 1.807) is 0 Å². The van der Waals surface area contributed by atoms with Gasteiger partial charge in [0.05, 0.1) is 0 Å². The molecule has 3 rings (SSSR count). The van der Waals surface area contributed by atoms with E-state index in [4.69, 9.17) is 4.74 Å². The fourth-order valence-corrected chi connectivity index (χ4v) is 3.62. The van der Waals surface area contributed by atoms with Crippen LogP contribution in [0.1, 0.15) is 45.1 Å². The summed E-state index contributed by atoms with van der Waals surface area (Å²) in [5.41, 5.74) is 1.38. The van der Waals surface area contributed by atoms with Crippen LogP contribution in [0.25, 0.3) is 0 Å². The molecule has 1 spiro atoms. The van der Waals surface area contributed by atoms with E-state index in [1.807, 2.05) is 30.3 Å². The van der Waals surface area contributed by atoms with Gasteiger partial charge in [-0.2, -0.15) is 0 Å². The van der Waals surface area contributed by atoms with Gasteiger partial charge in [-0.25, -0.2) is 0 Å². The van der Waals surface area contributed by atoms with Crippen molar-refractivity contribution in [2.45, 2.75) is 63.8 Å². The minimum atomic E-state index is -0.0497. The summed E-state index contributed by atoms with van der Waals surface area (Å²) in [6, 6.07) is 10.3. The number of hydrogen-bond donors (Lipinski definition) is 0. The highest BCUT2D eigenvalue weighted by atomic mass is 16.5. The summed E-state index contributed by atoms with van der Waals surface area (Å²) in [5.74, 6) is -0.0497. The zero-order valence-electron chi connectivity index (χ0n) is 12.3. The largest absolute Gasteiger partial charge is 0.460 e. The molecule has 1 aromatic rings. The highest BCUT2D eigenvalue weighted by Gasteiger charge is 2.57. The molecular weight excluding hydrogens is 250 g/mol. The fraction of sp³-hybridized carbons (Fsp3) is 0.588. The molecule has 3 heteroatoms. The Morgan fingerprint density at radius 1 is 1.30 bits per heavy atom. The lowest BCUT2D eigenvalue weighted by Gasteiger charge is -2.32. The van der Waals surface area contributed by atoms with Crippen LogP contribution in [0.15, 0.2) is 30.3 Å². The van der Waals surface area contributed by atoms with Gasteiger partial charge in [-0.1, -0.05) is 30.3 Å². The summed E-state index contributed by atoms with van der Waals surface area (Å²) in [5, 5.41) is 0. The van der Waals surface area contributed by atoms with Crippen molar-refractivity contribution < 1.29 is 9.53 Å². The zero-order valence-corrected chi connectivity index (χ0v) is 12.3. The maximum Gasteiger partial charge on any atom is 0.323 e. The molecule has 108 valence electrons. The predicted octanol–water partition coefficient (Wildman–Crippen LogP) is 3.14. The molecule has 1 saturated carbocycles. The average molecular weight is 273 g/mol. The summed E-state index contributed by atoms with van der Waals surface area (Å²) in [4.78, 5) is 14.8. The van der Waals surface area contributed by atoms with Gasteiger partial charge in [0, 0.05) is 11.6 Å². The molecule has 0 aromatic heterocycles. The minimum Gasteiger partial charge on any atom is -0.460 e. The van der Waals surface area contributed by atoms with Gasteiger partial charge in [0.15, 0.2) is 0 Å². The van der Waals surface area contributed by atoms with Crippen LogP contribution in [0, 0.1) is 0 Å². The molecule has 0 amide bonds. The van der Waals surface area contributed by atoms with Gasteiger partial charge in [-0.05, 0) is 45.1 Å². The maximum atomic E-state index is 12.4. The van der Waals surface area contributed by atoms with Gasteiger partial charge < -0.3 is 4.74 Å². The van der Waals surface area contributed by atoms with Crippen LogP contribution in [0.4, 0.5) is 0 Å². The minimum absolute atomic E-state index is 0.0405. The first kappa shape index (κ1) is 13.6. The van der Waals surface area contributed by atoms with Crippen molar-refractivity contribution in [2.75, 3.05) is 0 Å². The lowest BCUT2D eigenvalue weighted by atomic mass is 10.2. The third kappa shape index (κ3) is 2.47. The Kier molecular flexibility index (Phi) is 3.55. The smallest absolute Gasteiger partial charge is 0.323 e. The molecule has 0 radical (unpaired) electrons. The number of rotatable bonds is 4. The van der Waals surface area contributed by atoms with E-state index in [9.17, 15) is 4.79 Å². The molecule has 1 saturated heterocycles. The zero-order chi connectivity index (χ0) is 14.2. The molecule has 1 aromatic carbocycles. The van der Waals surface area contributed by atoms with Crippen LogP contribution in [-0.2, 0) is 16.1 Å². The van der Waals surface area contributed by atoms with Gasteiger partial charge >= 0.3 is 5.97 Å². The van der Waals surface area contributed by atoms with Crippen molar-refractivity contribution in [3.05, 3.63) is 35.9 Å². The quantitative estimate of drug-likeness (QED) is 0.789. The van der Waals surface area contributed by atoms with Gasteiger partial charge in [-0.3, -0.25) is 9.69 Å². The van der Waals surface area contributed by atoms with Crippen molar-refractivity contribution in [2.24, 2.45) is 0 Å². The molecule has 1 unspecified atom stereocenters. The van der Waals surface area contributed by atoms with Crippen molar-refractivity contribution in [1.29, 1.82) is 0 Å². The normalized spacial score (nSPS) is 24.2. The summed E-state index contributed by atoms with van der Waals surface area (Å²) in [7, 11) is 0. The number of benzene rings is 1. The number of hydrogen-bond acceptors (Lipinski definition) is 3. The van der Waals surface area contributed by atoms with Crippen LogP contribution < -0.4 is 0 Å². The number of carbonyl (C=O) groups is 1. The summed E-state index contributed by atoms with van der Waals surface area (Å²) in [6.07, 6.45) is 4.59. The standard InChI is InChI=1S/C17H23NO2/c1-13(2)18-15(8-9-17(18)10-11-17)16(19)20-12-14-6-4-3-5-7-14/h3-7,13,15H,8-12H2,1-2H3. The molecule has 3 nitrogen and oxygen atoms in total. The van der Waals surface area contributed by atoms with Crippen LogP contribution >= 0.6 is 0 Å². The van der Waals surface area contributed by atoms with Gasteiger partial charge in [-0.15, -0.1) is 0 Å². The molecule has 1 atom stereocenters.